The van der Waals surface area contributed by atoms with Gasteiger partial charge in [0.2, 0.25) is 0 Å². The molecule has 15 heavy (non-hydrogen) atoms. The van der Waals surface area contributed by atoms with Crippen molar-refractivity contribution < 1.29 is 14.4 Å². The summed E-state index contributed by atoms with van der Waals surface area (Å²) >= 11 is 6.91. The van der Waals surface area contributed by atoms with Crippen LogP contribution in [0.3, 0.4) is 0 Å². The van der Waals surface area contributed by atoms with Crippen molar-refractivity contribution >= 4 is 62.1 Å². The molecule has 0 saturated heterocycles. The first-order valence-electron chi connectivity index (χ1n) is 3.71. The number of rotatable bonds is 3. The Hall–Kier alpha value is -0.212. The van der Waals surface area contributed by atoms with E-state index in [1.54, 1.807) is 0 Å². The van der Waals surface area contributed by atoms with Gasteiger partial charge < -0.3 is 0 Å². The van der Waals surface area contributed by atoms with Gasteiger partial charge in [0.05, 0.1) is 0 Å². The summed E-state index contributed by atoms with van der Waals surface area (Å²) in [5.74, 6) is 0. The Morgan fingerprint density at radius 3 is 1.73 bits per heavy atom. The molecular weight excluding hydrogens is 393 g/mol. The molecule has 78 valence electrons. The average Bonchev–Trinajstić information content (AvgIpc) is 2.16. The van der Waals surface area contributed by atoms with Gasteiger partial charge in [0.15, 0.2) is 0 Å². The third-order valence-corrected chi connectivity index (χ3v) is 3.11. The quantitative estimate of drug-likeness (QED) is 0.655. The van der Waals surface area contributed by atoms with Crippen LogP contribution in [0.5, 0.6) is 0 Å². The van der Waals surface area contributed by atoms with Crippen molar-refractivity contribution in [1.82, 2.24) is 0 Å². The van der Waals surface area contributed by atoms with Gasteiger partial charge in [-0.25, -0.2) is 0 Å². The Morgan fingerprint density at radius 1 is 0.800 bits per heavy atom. The minimum absolute atomic E-state index is 0.208. The number of hydrogen-bond donors (Lipinski definition) is 0. The van der Waals surface area contributed by atoms with Crippen LogP contribution in [0, 0.1) is 0 Å². The van der Waals surface area contributed by atoms with Gasteiger partial charge in [-0.05, 0) is 0 Å². The molecule has 3 nitrogen and oxygen atoms in total. The van der Waals surface area contributed by atoms with Crippen LogP contribution in [0.25, 0.3) is 0 Å². The van der Waals surface area contributed by atoms with Crippen LogP contribution in [-0.2, 0) is 0 Å². The molecule has 0 radical (unpaired) electrons. The summed E-state index contributed by atoms with van der Waals surface area (Å²) < 4.78 is -0.957. The molecule has 1 aromatic rings. The van der Waals surface area contributed by atoms with E-state index >= 15 is 0 Å². The van der Waals surface area contributed by atoms with Crippen molar-refractivity contribution in [2.45, 2.75) is 0 Å². The molecular formula is C9H3O3Se3-3. The zero-order chi connectivity index (χ0) is 11.6. The summed E-state index contributed by atoms with van der Waals surface area (Å²) in [6.45, 7) is 0. The Balaban J connectivity index is 3.40. The van der Waals surface area contributed by atoms with Gasteiger partial charge in [-0.2, -0.15) is 0 Å². The van der Waals surface area contributed by atoms with Crippen LogP contribution < -0.4 is 0 Å². The first-order chi connectivity index (χ1) is 6.93. The Labute approximate surface area is 111 Å². The molecule has 1 rings (SSSR count). The molecule has 0 unspecified atom stereocenters. The molecule has 0 aromatic heterocycles. The van der Waals surface area contributed by atoms with E-state index in [9.17, 15) is 14.4 Å². The van der Waals surface area contributed by atoms with Crippen LogP contribution >= 0.6 is 0 Å². The molecule has 0 aliphatic carbocycles. The van der Waals surface area contributed by atoms with Crippen LogP contribution in [0.2, 0.25) is 0 Å². The molecule has 1 aromatic carbocycles. The van der Waals surface area contributed by atoms with E-state index in [0.29, 0.717) is 5.56 Å². The van der Waals surface area contributed by atoms with Crippen molar-refractivity contribution in [2.24, 2.45) is 0 Å². The van der Waals surface area contributed by atoms with E-state index in [4.69, 9.17) is 0 Å². The molecule has 0 aliphatic heterocycles. The van der Waals surface area contributed by atoms with Crippen LogP contribution in [-0.4, -0.2) is 62.1 Å². The molecule has 0 bridgehead atoms. The van der Waals surface area contributed by atoms with Crippen molar-refractivity contribution in [1.29, 1.82) is 0 Å². The van der Waals surface area contributed by atoms with Gasteiger partial charge in [0, 0.05) is 0 Å². The van der Waals surface area contributed by atoms with Crippen LogP contribution in [0.1, 0.15) is 31.1 Å². The van der Waals surface area contributed by atoms with Crippen molar-refractivity contribution in [3.05, 3.63) is 34.9 Å². The van der Waals surface area contributed by atoms with E-state index in [0.717, 1.165) is 0 Å². The topological polar surface area (TPSA) is 51.2 Å². The van der Waals surface area contributed by atoms with E-state index in [1.165, 1.54) is 18.2 Å². The zero-order valence-electron chi connectivity index (χ0n) is 7.18. The van der Waals surface area contributed by atoms with E-state index in [1.807, 2.05) is 0 Å². The van der Waals surface area contributed by atoms with E-state index in [2.05, 4.69) is 48.0 Å². The van der Waals surface area contributed by atoms with Gasteiger partial charge in [0.25, 0.3) is 0 Å². The molecule has 0 fully saturated rings. The van der Waals surface area contributed by atoms with E-state index in [-0.39, 0.29) is 25.2 Å². The molecule has 0 aliphatic rings. The fourth-order valence-corrected chi connectivity index (χ4v) is 2.01. The second-order valence-corrected chi connectivity index (χ2v) is 4.96. The summed E-state index contributed by atoms with van der Waals surface area (Å²) in [6.07, 6.45) is 0. The number of benzene rings is 1. The summed E-state index contributed by atoms with van der Waals surface area (Å²) in [4.78, 5) is 33.4. The maximum absolute atomic E-state index is 11.2. The fourth-order valence-electron chi connectivity index (χ4n) is 1.02. The van der Waals surface area contributed by atoms with Crippen molar-refractivity contribution in [2.75, 3.05) is 0 Å². The summed E-state index contributed by atoms with van der Waals surface area (Å²) in [6, 6.07) is 4.34. The third-order valence-electron chi connectivity index (χ3n) is 1.70. The molecule has 0 saturated carbocycles. The predicted octanol–water partition coefficient (Wildman–Crippen LogP) is -0.387. The van der Waals surface area contributed by atoms with Gasteiger partial charge in [-0.15, -0.1) is 0 Å². The Kier molecular flexibility index (Phi) is 4.47. The molecule has 0 amide bonds. The minimum atomic E-state index is -0.364. The third kappa shape index (κ3) is 3.12. The second-order valence-electron chi connectivity index (χ2n) is 2.62. The van der Waals surface area contributed by atoms with E-state index < -0.39 is 0 Å². The van der Waals surface area contributed by atoms with Crippen LogP contribution in [0.15, 0.2) is 18.2 Å². The molecule has 0 heterocycles. The number of carbonyl (C=O) groups is 3. The Bertz CT molecular complexity index is 454. The number of hydrogen-bond acceptors (Lipinski definition) is 3. The Morgan fingerprint density at radius 2 is 1.33 bits per heavy atom. The van der Waals surface area contributed by atoms with Crippen LogP contribution in [0.4, 0.5) is 0 Å². The van der Waals surface area contributed by atoms with Crippen molar-refractivity contribution in [3.63, 3.8) is 0 Å². The summed E-state index contributed by atoms with van der Waals surface area (Å²) in [7, 11) is 0. The summed E-state index contributed by atoms with van der Waals surface area (Å²) in [5.41, 5.74) is 0.835. The zero-order valence-corrected chi connectivity index (χ0v) is 12.3. The average molecular weight is 396 g/mol. The second kappa shape index (κ2) is 5.22. The molecule has 0 spiro atoms. The molecule has 0 atom stereocenters. The SMILES string of the molecule is O=C([Se-])c1ccc(C(=O)[Se-])c(C(=O)[Se-])c1. The number of carbonyl (C=O) groups excluding carboxylic acids is 3. The van der Waals surface area contributed by atoms with Gasteiger partial charge in [-0.3, -0.25) is 0 Å². The molecule has 0 N–H and O–H groups in total. The first-order valence-corrected chi connectivity index (χ1v) is 6.28. The maximum atomic E-state index is 11.2. The normalized spacial score (nSPS) is 9.60. The van der Waals surface area contributed by atoms with Crippen molar-refractivity contribution in [3.8, 4) is 0 Å². The fraction of sp³-hybridized carbons (Fsp3) is 0. The van der Waals surface area contributed by atoms with Gasteiger partial charge in [-0.1, -0.05) is 0 Å². The monoisotopic (exact) mass is 399 g/mol. The predicted molar refractivity (Wildman–Crippen MR) is 56.7 cm³/mol. The van der Waals surface area contributed by atoms with Gasteiger partial charge in [0.1, 0.15) is 0 Å². The first kappa shape index (κ1) is 12.9. The summed E-state index contributed by atoms with van der Waals surface area (Å²) in [5, 5.41) is 0. The standard InChI is InChI=1S/C9H6O3Se3/c10-7(13)4-1-2-5(8(11)14)6(3-4)9(12)15/h1-3H,(H,10,13)(H,11,14)(H,12,15)/p-3. The van der Waals surface area contributed by atoms with Gasteiger partial charge >= 0.3 is 111 Å². The molecule has 6 heteroatoms.